The maximum atomic E-state index is 14.2. The number of ether oxygens (including phenoxy) is 3. The average Bonchev–Trinajstić information content (AvgIpc) is 3.79. The van der Waals surface area contributed by atoms with Crippen molar-refractivity contribution in [2.24, 2.45) is 5.41 Å². The Kier molecular flexibility index (Phi) is 13.5. The monoisotopic (exact) mass is 993 g/mol. The van der Waals surface area contributed by atoms with Gasteiger partial charge in [0.25, 0.3) is 21.6 Å². The Labute approximate surface area is 413 Å². The van der Waals surface area contributed by atoms with Crippen LogP contribution in [0.25, 0.3) is 16.6 Å². The van der Waals surface area contributed by atoms with Gasteiger partial charge in [-0.2, -0.15) is 0 Å². The van der Waals surface area contributed by atoms with Gasteiger partial charge in [0.2, 0.25) is 0 Å². The highest BCUT2D eigenvalue weighted by molar-refractivity contribution is 7.90. The number of fused-ring (bicyclic) bond motifs is 2. The average molecular weight is 995 g/mol. The number of H-pyrrole nitrogens is 1. The number of hydrogen-bond donors (Lipinski definition) is 3. The summed E-state index contributed by atoms with van der Waals surface area (Å²) in [6.45, 7) is 16.1. The maximum absolute atomic E-state index is 14.2. The Hall–Kier alpha value is -5.76. The van der Waals surface area contributed by atoms with Gasteiger partial charge in [0.05, 0.1) is 46.9 Å². The van der Waals surface area contributed by atoms with Crippen LogP contribution >= 0.6 is 11.6 Å². The van der Waals surface area contributed by atoms with Crippen molar-refractivity contribution in [1.82, 2.24) is 29.4 Å². The number of piperazine rings is 2. The van der Waals surface area contributed by atoms with Gasteiger partial charge in [0, 0.05) is 105 Å². The summed E-state index contributed by atoms with van der Waals surface area (Å²) in [5.41, 5.74) is 5.36. The number of rotatable bonds is 14. The number of nitro benzene ring substituents is 1. The summed E-state index contributed by atoms with van der Waals surface area (Å²) in [7, 11) is -4.67. The molecule has 6 heterocycles. The lowest BCUT2D eigenvalue weighted by Crippen LogP contribution is -2.60. The quantitative estimate of drug-likeness (QED) is 0.0723. The van der Waals surface area contributed by atoms with E-state index in [1.165, 1.54) is 29.0 Å². The van der Waals surface area contributed by atoms with E-state index in [9.17, 15) is 23.3 Å². The van der Waals surface area contributed by atoms with Crippen molar-refractivity contribution in [2.45, 2.75) is 69.5 Å². The smallest absolute Gasteiger partial charge is 0.297 e. The van der Waals surface area contributed by atoms with Crippen LogP contribution in [0, 0.1) is 15.5 Å². The van der Waals surface area contributed by atoms with Gasteiger partial charge in [0.15, 0.2) is 11.4 Å². The Bertz CT molecular complexity index is 2920. The van der Waals surface area contributed by atoms with Crippen LogP contribution in [0.4, 0.5) is 17.1 Å². The van der Waals surface area contributed by atoms with Crippen molar-refractivity contribution in [1.29, 1.82) is 0 Å². The van der Waals surface area contributed by atoms with Crippen molar-refractivity contribution in [2.75, 3.05) is 88.9 Å². The summed E-state index contributed by atoms with van der Waals surface area (Å²) < 4.78 is 48.0. The lowest BCUT2D eigenvalue weighted by molar-refractivity contribution is -0.384. The Balaban J connectivity index is 0.837. The van der Waals surface area contributed by atoms with Gasteiger partial charge in [-0.05, 0) is 85.6 Å². The molecule has 0 bridgehead atoms. The molecule has 0 radical (unpaired) electrons. The van der Waals surface area contributed by atoms with E-state index in [4.69, 9.17) is 25.8 Å². The molecular weight excluding hydrogens is 934 g/mol. The first kappa shape index (κ1) is 47.9. The lowest BCUT2D eigenvalue weighted by atomic mass is 9.72. The van der Waals surface area contributed by atoms with Crippen LogP contribution < -0.4 is 24.4 Å². The number of aromatic nitrogens is 2. The number of benzene rings is 3. The Morgan fingerprint density at radius 3 is 2.53 bits per heavy atom. The van der Waals surface area contributed by atoms with Crippen LogP contribution in [0.5, 0.6) is 17.2 Å². The predicted octanol–water partition coefficient (Wildman–Crippen LogP) is 7.79. The fraction of sp³-hybridized carbons (Fsp3) is 0.451. The fourth-order valence-electron chi connectivity index (χ4n) is 10.5. The number of nitrogens with zero attached hydrogens (tertiary/aromatic N) is 6. The van der Waals surface area contributed by atoms with Gasteiger partial charge in [-0.3, -0.25) is 24.7 Å². The number of amides is 1. The summed E-state index contributed by atoms with van der Waals surface area (Å²) in [6, 6.07) is 19.7. The van der Waals surface area contributed by atoms with Crippen molar-refractivity contribution >= 4 is 61.2 Å². The minimum absolute atomic E-state index is 0.0192. The maximum Gasteiger partial charge on any atom is 0.297 e. The topological polar surface area (TPSA) is 188 Å². The highest BCUT2D eigenvalue weighted by Gasteiger charge is 2.36. The summed E-state index contributed by atoms with van der Waals surface area (Å²) in [6.07, 6.45) is 7.14. The van der Waals surface area contributed by atoms with Crippen LogP contribution in [0.2, 0.25) is 5.02 Å². The van der Waals surface area contributed by atoms with Gasteiger partial charge in [-0.15, -0.1) is 0 Å². The molecule has 4 aliphatic heterocycles. The molecular formula is C51H60ClN9O8S. The second-order valence-corrected chi connectivity index (χ2v) is 22.2. The van der Waals surface area contributed by atoms with E-state index in [2.05, 4.69) is 72.5 Å². The molecule has 1 amide bonds. The number of hydrogen-bond acceptors (Lipinski definition) is 14. The number of nitro groups is 1. The van der Waals surface area contributed by atoms with Crippen LogP contribution in [-0.2, 0) is 14.8 Å². The molecule has 5 aromatic rings. The van der Waals surface area contributed by atoms with E-state index < -0.39 is 31.4 Å². The molecule has 0 saturated carbocycles. The highest BCUT2D eigenvalue weighted by atomic mass is 35.5. The molecule has 10 rings (SSSR count). The number of sulfonamides is 1. The molecule has 19 heteroatoms. The van der Waals surface area contributed by atoms with Gasteiger partial charge >= 0.3 is 0 Å². The van der Waals surface area contributed by atoms with Gasteiger partial charge in [-0.1, -0.05) is 43.2 Å². The SMILES string of the molecule is C[C@H]1CN(CC[C@@H]2COc3cc(S(=O)(=O)NC(=O)c4ccc(N5CCN(CC6=C(c7ccc(Cl)cc7)CC(C)(C)CC6)CC5)cc4Oc4cnc5[nH]ccc5c4)cc([N+](=O)[O-])c3N2)CCN1C1COC1. The van der Waals surface area contributed by atoms with Crippen molar-refractivity contribution in [3.8, 4) is 17.2 Å². The van der Waals surface area contributed by atoms with Crippen LogP contribution in [0.3, 0.4) is 0 Å². The number of anilines is 2. The molecule has 70 heavy (non-hydrogen) atoms. The number of nitrogens with one attached hydrogen (secondary N) is 3. The standard InChI is InChI=1S/C51H60ClN9O8S/c1-33-28-57(18-21-60(33)40-31-67-32-40)15-12-38-30-68-47-25-42(24-45(61(63)64)48(47)55-38)70(65,66)56-50(62)43-9-8-39(23-46(43)69-41-22-35-11-14-53-49(35)54-27-41)59-19-16-58(17-20-59)29-36-10-13-51(2,3)26-44(36)34-4-6-37(52)7-5-34/h4-9,11,14,22-25,27,33,38,40,55H,10,12-13,15-21,26,28-32H2,1-3H3,(H,53,54)(H,56,62)/t33-,38+/m0/s1. The number of carbonyl (C=O) groups is 1. The second-order valence-electron chi connectivity index (χ2n) is 20.1. The molecule has 0 spiro atoms. The molecule has 2 aromatic heterocycles. The van der Waals surface area contributed by atoms with E-state index in [-0.39, 0.29) is 40.8 Å². The van der Waals surface area contributed by atoms with Crippen molar-refractivity contribution in [3.05, 3.63) is 111 Å². The van der Waals surface area contributed by atoms with Crippen LogP contribution in [0.15, 0.2) is 89.6 Å². The van der Waals surface area contributed by atoms with E-state index in [1.807, 2.05) is 18.2 Å². The minimum atomic E-state index is -4.67. The number of allylic oxidation sites excluding steroid dienone is 1. The molecule has 0 unspecified atom stereocenters. The number of aromatic amines is 1. The molecule has 3 saturated heterocycles. The largest absolute Gasteiger partial charge is 0.489 e. The zero-order chi connectivity index (χ0) is 48.7. The summed E-state index contributed by atoms with van der Waals surface area (Å²) >= 11 is 6.26. The van der Waals surface area contributed by atoms with Gasteiger partial charge < -0.3 is 34.3 Å². The first-order chi connectivity index (χ1) is 33.6. The Morgan fingerprint density at radius 1 is 1.00 bits per heavy atom. The van der Waals surface area contributed by atoms with Gasteiger partial charge in [0.1, 0.15) is 23.8 Å². The minimum Gasteiger partial charge on any atom is -0.489 e. The van der Waals surface area contributed by atoms with E-state index in [0.717, 1.165) is 100 Å². The lowest BCUT2D eigenvalue weighted by Gasteiger charge is -2.46. The summed E-state index contributed by atoms with van der Waals surface area (Å²) in [5, 5.41) is 17.2. The zero-order valence-electron chi connectivity index (χ0n) is 39.8. The van der Waals surface area contributed by atoms with Crippen LogP contribution in [0.1, 0.15) is 62.4 Å². The third-order valence-electron chi connectivity index (χ3n) is 14.6. The molecule has 1 aliphatic carbocycles. The van der Waals surface area contributed by atoms with Crippen LogP contribution in [-0.4, -0.2) is 141 Å². The molecule has 3 aromatic carbocycles. The molecule has 17 nitrogen and oxygen atoms in total. The number of carbonyl (C=O) groups excluding carboxylic acids is 1. The first-order valence-corrected chi connectivity index (χ1v) is 26.0. The first-order valence-electron chi connectivity index (χ1n) is 24.2. The third-order valence-corrected chi connectivity index (χ3v) is 16.1. The van der Waals surface area contributed by atoms with E-state index in [0.29, 0.717) is 43.0 Å². The molecule has 3 N–H and O–H groups in total. The molecule has 370 valence electrons. The highest BCUT2D eigenvalue weighted by Crippen LogP contribution is 2.44. The number of halogens is 1. The van der Waals surface area contributed by atoms with Crippen molar-refractivity contribution < 1.29 is 32.3 Å². The molecule has 3 fully saturated rings. The zero-order valence-corrected chi connectivity index (χ0v) is 41.4. The number of pyridine rings is 1. The fourth-order valence-corrected chi connectivity index (χ4v) is 11.6. The molecule has 2 atom stereocenters. The summed E-state index contributed by atoms with van der Waals surface area (Å²) in [5.74, 6) is -0.494. The van der Waals surface area contributed by atoms with Gasteiger partial charge in [-0.25, -0.2) is 18.1 Å². The second kappa shape index (κ2) is 19.8. The predicted molar refractivity (Wildman–Crippen MR) is 270 cm³/mol. The van der Waals surface area contributed by atoms with E-state index in [1.54, 1.807) is 30.5 Å². The third kappa shape index (κ3) is 10.5. The molecule has 5 aliphatic rings. The van der Waals surface area contributed by atoms with E-state index >= 15 is 0 Å². The van der Waals surface area contributed by atoms with Crippen molar-refractivity contribution in [3.63, 3.8) is 0 Å². The normalized spacial score (nSPS) is 21.4. The Morgan fingerprint density at radius 2 is 1.79 bits per heavy atom. The summed E-state index contributed by atoms with van der Waals surface area (Å²) in [4.78, 5) is 42.6.